The van der Waals surface area contributed by atoms with Crippen molar-refractivity contribution in [2.45, 2.75) is 26.4 Å². The predicted molar refractivity (Wildman–Crippen MR) is 84.3 cm³/mol. The minimum absolute atomic E-state index is 0.748. The maximum atomic E-state index is 5.13. The SMILES string of the molecule is Cc1cc(CN2CCc3nc(-c4cccnc4)ncc3C2)no1. The summed E-state index contributed by atoms with van der Waals surface area (Å²) in [7, 11) is 0. The van der Waals surface area contributed by atoms with Gasteiger partial charge in [-0.1, -0.05) is 5.16 Å². The molecule has 116 valence electrons. The highest BCUT2D eigenvalue weighted by Crippen LogP contribution is 2.21. The van der Waals surface area contributed by atoms with Crippen LogP contribution in [0.4, 0.5) is 0 Å². The highest BCUT2D eigenvalue weighted by Gasteiger charge is 2.19. The van der Waals surface area contributed by atoms with Crippen molar-refractivity contribution in [2.75, 3.05) is 6.54 Å². The van der Waals surface area contributed by atoms with E-state index in [2.05, 4.69) is 20.0 Å². The maximum absolute atomic E-state index is 5.13. The number of hydrogen-bond acceptors (Lipinski definition) is 6. The first kappa shape index (κ1) is 14.0. The Morgan fingerprint density at radius 3 is 3.04 bits per heavy atom. The third-order valence-corrected chi connectivity index (χ3v) is 4.00. The minimum Gasteiger partial charge on any atom is -0.361 e. The molecule has 0 spiro atoms. The molecule has 6 nitrogen and oxygen atoms in total. The molecule has 0 unspecified atom stereocenters. The van der Waals surface area contributed by atoms with Crippen LogP contribution in [0.2, 0.25) is 0 Å². The molecule has 4 rings (SSSR count). The van der Waals surface area contributed by atoms with E-state index in [9.17, 15) is 0 Å². The summed E-state index contributed by atoms with van der Waals surface area (Å²) < 4.78 is 5.13. The Balaban J connectivity index is 1.52. The molecule has 0 aliphatic carbocycles. The van der Waals surface area contributed by atoms with Gasteiger partial charge in [-0.25, -0.2) is 9.97 Å². The first-order valence-electron chi connectivity index (χ1n) is 7.68. The third kappa shape index (κ3) is 2.98. The summed E-state index contributed by atoms with van der Waals surface area (Å²) in [6, 6.07) is 5.87. The van der Waals surface area contributed by atoms with Crippen LogP contribution in [0.1, 0.15) is 22.7 Å². The second kappa shape index (κ2) is 5.89. The molecule has 0 saturated carbocycles. The summed E-state index contributed by atoms with van der Waals surface area (Å²) in [5.74, 6) is 1.60. The van der Waals surface area contributed by atoms with E-state index in [1.54, 1.807) is 12.4 Å². The van der Waals surface area contributed by atoms with E-state index in [1.165, 1.54) is 5.56 Å². The second-order valence-electron chi connectivity index (χ2n) is 5.80. The van der Waals surface area contributed by atoms with Crippen LogP contribution in [-0.4, -0.2) is 31.6 Å². The third-order valence-electron chi connectivity index (χ3n) is 4.00. The Morgan fingerprint density at radius 1 is 1.30 bits per heavy atom. The van der Waals surface area contributed by atoms with Crippen molar-refractivity contribution >= 4 is 0 Å². The molecule has 0 amide bonds. The van der Waals surface area contributed by atoms with Gasteiger partial charge in [-0.3, -0.25) is 9.88 Å². The van der Waals surface area contributed by atoms with Gasteiger partial charge in [-0.2, -0.15) is 0 Å². The van der Waals surface area contributed by atoms with Crippen molar-refractivity contribution in [3.63, 3.8) is 0 Å². The summed E-state index contributed by atoms with van der Waals surface area (Å²) in [5, 5.41) is 4.06. The molecule has 0 saturated heterocycles. The van der Waals surface area contributed by atoms with Crippen LogP contribution in [0.25, 0.3) is 11.4 Å². The van der Waals surface area contributed by atoms with Gasteiger partial charge >= 0.3 is 0 Å². The lowest BCUT2D eigenvalue weighted by molar-refractivity contribution is 0.235. The van der Waals surface area contributed by atoms with Crippen LogP contribution >= 0.6 is 0 Å². The van der Waals surface area contributed by atoms with Crippen molar-refractivity contribution in [3.05, 3.63) is 59.5 Å². The van der Waals surface area contributed by atoms with Gasteiger partial charge in [-0.05, 0) is 19.1 Å². The quantitative estimate of drug-likeness (QED) is 0.740. The first-order chi connectivity index (χ1) is 11.3. The van der Waals surface area contributed by atoms with Gasteiger partial charge < -0.3 is 4.52 Å². The summed E-state index contributed by atoms with van der Waals surface area (Å²) in [6.45, 7) is 4.51. The van der Waals surface area contributed by atoms with Gasteiger partial charge in [0.1, 0.15) is 5.76 Å². The van der Waals surface area contributed by atoms with E-state index < -0.39 is 0 Å². The molecule has 1 aliphatic heterocycles. The average Bonchev–Trinajstić information content (AvgIpc) is 3.00. The lowest BCUT2D eigenvalue weighted by Gasteiger charge is -2.27. The summed E-state index contributed by atoms with van der Waals surface area (Å²) in [4.78, 5) is 15.7. The summed E-state index contributed by atoms with van der Waals surface area (Å²) in [6.07, 6.45) is 6.40. The van der Waals surface area contributed by atoms with E-state index in [-0.39, 0.29) is 0 Å². The van der Waals surface area contributed by atoms with Crippen molar-refractivity contribution in [1.29, 1.82) is 0 Å². The van der Waals surface area contributed by atoms with Crippen LogP contribution in [0.15, 0.2) is 41.3 Å². The molecular formula is C17H17N5O. The van der Waals surface area contributed by atoms with Crippen molar-refractivity contribution in [1.82, 2.24) is 25.0 Å². The topological polar surface area (TPSA) is 67.9 Å². The van der Waals surface area contributed by atoms with Crippen LogP contribution in [0, 0.1) is 6.92 Å². The minimum atomic E-state index is 0.748. The van der Waals surface area contributed by atoms with Crippen molar-refractivity contribution < 1.29 is 4.52 Å². The molecule has 0 N–H and O–H groups in total. The largest absolute Gasteiger partial charge is 0.361 e. The zero-order chi connectivity index (χ0) is 15.6. The molecular weight excluding hydrogens is 290 g/mol. The Hall–Kier alpha value is -2.60. The Morgan fingerprint density at radius 2 is 2.26 bits per heavy atom. The number of hydrogen-bond donors (Lipinski definition) is 0. The van der Waals surface area contributed by atoms with Crippen molar-refractivity contribution in [3.8, 4) is 11.4 Å². The fourth-order valence-corrected chi connectivity index (χ4v) is 2.87. The number of nitrogens with zero attached hydrogens (tertiary/aromatic N) is 5. The standard InChI is InChI=1S/C17H17N5O/c1-12-7-15(21-23-12)11-22-6-4-16-14(10-22)9-19-17(20-16)13-3-2-5-18-8-13/h2-3,5,7-9H,4,6,10-11H2,1H3. The fourth-order valence-electron chi connectivity index (χ4n) is 2.87. The number of pyridine rings is 1. The van der Waals surface area contributed by atoms with Crippen LogP contribution in [0.5, 0.6) is 0 Å². The van der Waals surface area contributed by atoms with Gasteiger partial charge in [0.25, 0.3) is 0 Å². The van der Waals surface area contributed by atoms with E-state index in [4.69, 9.17) is 9.51 Å². The molecule has 3 aromatic rings. The van der Waals surface area contributed by atoms with Crippen LogP contribution in [0.3, 0.4) is 0 Å². The molecule has 1 aliphatic rings. The molecule has 0 aromatic carbocycles. The molecule has 4 heterocycles. The van der Waals surface area contributed by atoms with Gasteiger partial charge in [0.2, 0.25) is 0 Å². The summed E-state index contributed by atoms with van der Waals surface area (Å²) in [5.41, 5.74) is 4.24. The number of fused-ring (bicyclic) bond motifs is 1. The lowest BCUT2D eigenvalue weighted by atomic mass is 10.1. The van der Waals surface area contributed by atoms with Crippen LogP contribution < -0.4 is 0 Å². The van der Waals surface area contributed by atoms with Gasteiger partial charge in [0.05, 0.1) is 11.4 Å². The molecule has 23 heavy (non-hydrogen) atoms. The number of aromatic nitrogens is 4. The molecule has 0 fully saturated rings. The molecule has 3 aromatic heterocycles. The van der Waals surface area contributed by atoms with E-state index in [0.717, 1.165) is 54.6 Å². The number of aryl methyl sites for hydroxylation is 1. The smallest absolute Gasteiger partial charge is 0.160 e. The van der Waals surface area contributed by atoms with Crippen molar-refractivity contribution in [2.24, 2.45) is 0 Å². The second-order valence-corrected chi connectivity index (χ2v) is 5.80. The normalized spacial score (nSPS) is 14.7. The van der Waals surface area contributed by atoms with E-state index >= 15 is 0 Å². The van der Waals surface area contributed by atoms with E-state index in [1.807, 2.05) is 31.3 Å². The highest BCUT2D eigenvalue weighted by atomic mass is 16.5. The van der Waals surface area contributed by atoms with Gasteiger partial charge in [-0.15, -0.1) is 0 Å². The maximum Gasteiger partial charge on any atom is 0.160 e. The zero-order valence-corrected chi connectivity index (χ0v) is 12.9. The van der Waals surface area contributed by atoms with Crippen LogP contribution in [-0.2, 0) is 19.5 Å². The number of rotatable bonds is 3. The molecule has 6 heteroatoms. The molecule has 0 bridgehead atoms. The Kier molecular flexibility index (Phi) is 3.59. The van der Waals surface area contributed by atoms with Gasteiger partial charge in [0.15, 0.2) is 5.82 Å². The Labute approximate surface area is 134 Å². The Bertz CT molecular complexity index is 815. The molecule has 0 atom stereocenters. The van der Waals surface area contributed by atoms with E-state index in [0.29, 0.717) is 0 Å². The molecule has 0 radical (unpaired) electrons. The zero-order valence-electron chi connectivity index (χ0n) is 12.9. The average molecular weight is 307 g/mol. The predicted octanol–water partition coefficient (Wildman–Crippen LogP) is 2.39. The summed E-state index contributed by atoms with van der Waals surface area (Å²) >= 11 is 0. The monoisotopic (exact) mass is 307 g/mol. The van der Waals surface area contributed by atoms with Gasteiger partial charge in [0, 0.05) is 61.8 Å². The lowest BCUT2D eigenvalue weighted by Crippen LogP contribution is -2.31. The fraction of sp³-hybridized carbons (Fsp3) is 0.294. The highest BCUT2D eigenvalue weighted by molar-refractivity contribution is 5.53. The first-order valence-corrected chi connectivity index (χ1v) is 7.68.